The molecule has 0 aliphatic carbocycles. The number of thioether (sulfide) groups is 1. The smallest absolute Gasteiger partial charge is 0.234 e. The Kier molecular flexibility index (Phi) is 4.96. The number of nitrogens with one attached hydrogen (secondary N) is 1. The molecule has 3 rings (SSSR count). The fourth-order valence-corrected chi connectivity index (χ4v) is 2.95. The highest BCUT2D eigenvalue weighted by atomic mass is 32.2. The Labute approximate surface area is 145 Å². The van der Waals surface area contributed by atoms with E-state index in [1.54, 1.807) is 0 Å². The van der Waals surface area contributed by atoms with Gasteiger partial charge in [-0.3, -0.25) is 4.79 Å². The minimum absolute atomic E-state index is 0.0638. The van der Waals surface area contributed by atoms with Crippen molar-refractivity contribution in [3.63, 3.8) is 0 Å². The zero-order valence-corrected chi connectivity index (χ0v) is 14.4. The van der Waals surface area contributed by atoms with E-state index >= 15 is 0 Å². The molecule has 3 aromatic rings. The van der Waals surface area contributed by atoms with E-state index in [0.29, 0.717) is 5.16 Å². The quantitative estimate of drug-likeness (QED) is 0.723. The van der Waals surface area contributed by atoms with Crippen LogP contribution in [-0.2, 0) is 11.8 Å². The first-order chi connectivity index (χ1) is 11.6. The van der Waals surface area contributed by atoms with E-state index in [1.165, 1.54) is 17.3 Å². The number of aryl methyl sites for hydroxylation is 1. The first-order valence-electron chi connectivity index (χ1n) is 7.57. The van der Waals surface area contributed by atoms with Crippen molar-refractivity contribution in [1.29, 1.82) is 0 Å². The number of para-hydroxylation sites is 1. The highest BCUT2D eigenvalue weighted by Crippen LogP contribution is 2.23. The van der Waals surface area contributed by atoms with E-state index in [4.69, 9.17) is 0 Å². The highest BCUT2D eigenvalue weighted by Gasteiger charge is 2.12. The molecule has 1 amide bonds. The normalized spacial score (nSPS) is 10.6. The summed E-state index contributed by atoms with van der Waals surface area (Å²) in [6, 6.07) is 17.6. The average molecular weight is 338 g/mol. The standard InChI is InChI=1S/C18H18N4OS/c1-13-8-10-14(11-9-13)17-20-21-18(22(17)2)24-12-16(23)19-15-6-4-3-5-7-15/h3-11H,12H2,1-2H3,(H,19,23). The van der Waals surface area contributed by atoms with Crippen LogP contribution in [0, 0.1) is 6.92 Å². The lowest BCUT2D eigenvalue weighted by Gasteiger charge is -2.05. The van der Waals surface area contributed by atoms with Gasteiger partial charge in [0.05, 0.1) is 5.75 Å². The largest absolute Gasteiger partial charge is 0.325 e. The third-order valence-electron chi connectivity index (χ3n) is 3.53. The van der Waals surface area contributed by atoms with Gasteiger partial charge in [0.15, 0.2) is 11.0 Å². The van der Waals surface area contributed by atoms with Gasteiger partial charge in [-0.15, -0.1) is 10.2 Å². The van der Waals surface area contributed by atoms with E-state index in [1.807, 2.05) is 73.1 Å². The topological polar surface area (TPSA) is 59.8 Å². The summed E-state index contributed by atoms with van der Waals surface area (Å²) < 4.78 is 1.91. The van der Waals surface area contributed by atoms with Gasteiger partial charge in [0, 0.05) is 18.3 Å². The lowest BCUT2D eigenvalue weighted by Crippen LogP contribution is -2.14. The lowest BCUT2D eigenvalue weighted by molar-refractivity contribution is -0.113. The van der Waals surface area contributed by atoms with Gasteiger partial charge in [-0.25, -0.2) is 0 Å². The van der Waals surface area contributed by atoms with Crippen molar-refractivity contribution in [3.05, 3.63) is 60.2 Å². The summed E-state index contributed by atoms with van der Waals surface area (Å²) in [6.07, 6.45) is 0. The van der Waals surface area contributed by atoms with Crippen molar-refractivity contribution in [2.24, 2.45) is 7.05 Å². The van der Waals surface area contributed by atoms with Gasteiger partial charge < -0.3 is 9.88 Å². The molecule has 1 heterocycles. The average Bonchev–Trinajstić information content (AvgIpc) is 2.95. The van der Waals surface area contributed by atoms with Crippen LogP contribution in [0.25, 0.3) is 11.4 Å². The molecule has 0 aliphatic rings. The Balaban J connectivity index is 1.64. The molecule has 2 aromatic carbocycles. The zero-order valence-electron chi connectivity index (χ0n) is 13.6. The SMILES string of the molecule is Cc1ccc(-c2nnc(SCC(=O)Nc3ccccc3)n2C)cc1. The Morgan fingerprint density at radius 1 is 1.08 bits per heavy atom. The van der Waals surface area contributed by atoms with Crippen LogP contribution in [0.3, 0.4) is 0 Å². The van der Waals surface area contributed by atoms with Gasteiger partial charge in [0.25, 0.3) is 0 Å². The number of hydrogen-bond donors (Lipinski definition) is 1. The highest BCUT2D eigenvalue weighted by molar-refractivity contribution is 7.99. The molecule has 5 nitrogen and oxygen atoms in total. The Hall–Kier alpha value is -2.60. The molecule has 0 spiro atoms. The number of carbonyl (C=O) groups is 1. The molecule has 0 bridgehead atoms. The van der Waals surface area contributed by atoms with Crippen molar-refractivity contribution in [1.82, 2.24) is 14.8 Å². The molecule has 1 aromatic heterocycles. The third kappa shape index (κ3) is 3.83. The van der Waals surface area contributed by atoms with Crippen LogP contribution in [0.2, 0.25) is 0 Å². The fourth-order valence-electron chi connectivity index (χ4n) is 2.24. The molecular weight excluding hydrogens is 320 g/mol. The molecule has 0 unspecified atom stereocenters. The number of amides is 1. The van der Waals surface area contributed by atoms with Gasteiger partial charge in [0.1, 0.15) is 0 Å². The summed E-state index contributed by atoms with van der Waals surface area (Å²) in [5, 5.41) is 12.0. The molecule has 0 saturated heterocycles. The minimum atomic E-state index is -0.0638. The van der Waals surface area contributed by atoms with Crippen LogP contribution in [0.15, 0.2) is 59.8 Å². The van der Waals surface area contributed by atoms with Gasteiger partial charge in [-0.1, -0.05) is 59.8 Å². The lowest BCUT2D eigenvalue weighted by atomic mass is 10.1. The van der Waals surface area contributed by atoms with Crippen molar-refractivity contribution in [2.45, 2.75) is 12.1 Å². The summed E-state index contributed by atoms with van der Waals surface area (Å²) >= 11 is 1.37. The van der Waals surface area contributed by atoms with Crippen LogP contribution >= 0.6 is 11.8 Å². The molecular formula is C18H18N4OS. The molecule has 0 aliphatic heterocycles. The Morgan fingerprint density at radius 3 is 2.50 bits per heavy atom. The summed E-state index contributed by atoms with van der Waals surface area (Å²) in [5.41, 5.74) is 3.01. The Morgan fingerprint density at radius 2 is 1.79 bits per heavy atom. The number of rotatable bonds is 5. The maximum Gasteiger partial charge on any atom is 0.234 e. The number of hydrogen-bond acceptors (Lipinski definition) is 4. The summed E-state index contributed by atoms with van der Waals surface area (Å²) in [6.45, 7) is 2.05. The third-order valence-corrected chi connectivity index (χ3v) is 4.55. The molecule has 24 heavy (non-hydrogen) atoms. The first-order valence-corrected chi connectivity index (χ1v) is 8.56. The molecule has 6 heteroatoms. The van der Waals surface area contributed by atoms with E-state index in [-0.39, 0.29) is 11.7 Å². The van der Waals surface area contributed by atoms with Crippen LogP contribution in [0.1, 0.15) is 5.56 Å². The maximum absolute atomic E-state index is 12.0. The predicted octanol–water partition coefficient (Wildman–Crippen LogP) is 3.52. The molecule has 122 valence electrons. The number of benzene rings is 2. The van der Waals surface area contributed by atoms with Crippen molar-refractivity contribution in [2.75, 3.05) is 11.1 Å². The van der Waals surface area contributed by atoms with E-state index in [0.717, 1.165) is 17.1 Å². The second-order valence-electron chi connectivity index (χ2n) is 5.43. The Bertz CT molecular complexity index is 828. The monoisotopic (exact) mass is 338 g/mol. The van der Waals surface area contributed by atoms with Crippen LogP contribution in [0.4, 0.5) is 5.69 Å². The molecule has 0 fully saturated rings. The van der Waals surface area contributed by atoms with Crippen molar-refractivity contribution in [3.8, 4) is 11.4 Å². The predicted molar refractivity (Wildman–Crippen MR) is 97.0 cm³/mol. The van der Waals surface area contributed by atoms with Crippen LogP contribution in [0.5, 0.6) is 0 Å². The molecule has 0 radical (unpaired) electrons. The maximum atomic E-state index is 12.0. The zero-order chi connectivity index (χ0) is 16.9. The summed E-state index contributed by atoms with van der Waals surface area (Å²) in [5.74, 6) is 1.02. The van der Waals surface area contributed by atoms with Gasteiger partial charge in [-0.05, 0) is 19.1 Å². The van der Waals surface area contributed by atoms with Gasteiger partial charge in [0.2, 0.25) is 5.91 Å². The first kappa shape index (κ1) is 16.3. The fraction of sp³-hybridized carbons (Fsp3) is 0.167. The van der Waals surface area contributed by atoms with Gasteiger partial charge >= 0.3 is 0 Å². The number of aromatic nitrogens is 3. The van der Waals surface area contributed by atoms with E-state index in [9.17, 15) is 4.79 Å². The second-order valence-corrected chi connectivity index (χ2v) is 6.38. The molecule has 1 N–H and O–H groups in total. The summed E-state index contributed by atoms with van der Waals surface area (Å²) in [4.78, 5) is 12.0. The molecule has 0 atom stereocenters. The second kappa shape index (κ2) is 7.31. The molecule has 0 saturated carbocycles. The van der Waals surface area contributed by atoms with Crippen molar-refractivity contribution >= 4 is 23.4 Å². The minimum Gasteiger partial charge on any atom is -0.325 e. The number of nitrogens with zero attached hydrogens (tertiary/aromatic N) is 3. The van der Waals surface area contributed by atoms with Gasteiger partial charge in [-0.2, -0.15) is 0 Å². The van der Waals surface area contributed by atoms with Crippen LogP contribution in [-0.4, -0.2) is 26.4 Å². The number of anilines is 1. The van der Waals surface area contributed by atoms with Crippen LogP contribution < -0.4 is 5.32 Å². The van der Waals surface area contributed by atoms with E-state index < -0.39 is 0 Å². The summed E-state index contributed by atoms with van der Waals surface area (Å²) in [7, 11) is 1.91. The number of carbonyl (C=O) groups excluding carboxylic acids is 1. The van der Waals surface area contributed by atoms with Crippen molar-refractivity contribution < 1.29 is 4.79 Å². The van der Waals surface area contributed by atoms with E-state index in [2.05, 4.69) is 15.5 Å².